The van der Waals surface area contributed by atoms with Gasteiger partial charge in [-0.15, -0.1) is 0 Å². The Morgan fingerprint density at radius 2 is 1.88 bits per heavy atom. The number of aryl methyl sites for hydroxylation is 3. The molecule has 4 heterocycles. The van der Waals surface area contributed by atoms with Crippen molar-refractivity contribution in [3.05, 3.63) is 81.0 Å². The number of pyridine rings is 2. The monoisotopic (exact) mass is 540 g/mol. The first-order valence-electron chi connectivity index (χ1n) is 14.1. The van der Waals surface area contributed by atoms with Crippen LogP contribution in [0.25, 0.3) is 22.0 Å². The molecule has 0 aliphatic carbocycles. The fourth-order valence-electron chi connectivity index (χ4n) is 5.79. The molecule has 5 rings (SSSR count). The van der Waals surface area contributed by atoms with E-state index in [-0.39, 0.29) is 24.1 Å². The molecule has 2 atom stereocenters. The van der Waals surface area contributed by atoms with E-state index in [1.165, 1.54) is 0 Å². The molecule has 1 unspecified atom stereocenters. The predicted molar refractivity (Wildman–Crippen MR) is 162 cm³/mol. The highest BCUT2D eigenvalue weighted by Gasteiger charge is 2.24. The molecule has 40 heavy (non-hydrogen) atoms. The summed E-state index contributed by atoms with van der Waals surface area (Å²) in [6.45, 7) is 16.5. The zero-order valence-corrected chi connectivity index (χ0v) is 24.6. The van der Waals surface area contributed by atoms with Crippen molar-refractivity contribution in [3.63, 3.8) is 0 Å². The summed E-state index contributed by atoms with van der Waals surface area (Å²) in [7, 11) is 0. The number of nitrogens with one attached hydrogen (secondary N) is 3. The average Bonchev–Trinajstić information content (AvgIpc) is 3.25. The second kappa shape index (κ2) is 10.9. The van der Waals surface area contributed by atoms with Crippen LogP contribution in [0.1, 0.15) is 66.5 Å². The molecular formula is C32H40N6O2. The van der Waals surface area contributed by atoms with E-state index < -0.39 is 0 Å². The number of benzene rings is 1. The van der Waals surface area contributed by atoms with Crippen molar-refractivity contribution in [1.82, 2.24) is 25.2 Å². The van der Waals surface area contributed by atoms with E-state index in [1.807, 2.05) is 39.1 Å². The van der Waals surface area contributed by atoms with Gasteiger partial charge < -0.3 is 25.1 Å². The lowest BCUT2D eigenvalue weighted by molar-refractivity contribution is 0.0952. The number of nitrogens with zero attached hydrogens (tertiary/aromatic N) is 3. The number of rotatable bonds is 6. The van der Waals surface area contributed by atoms with E-state index >= 15 is 0 Å². The molecular weight excluding hydrogens is 500 g/mol. The van der Waals surface area contributed by atoms with Crippen LogP contribution in [0, 0.1) is 20.8 Å². The minimum Gasteiger partial charge on any atom is -0.351 e. The Balaban J connectivity index is 1.53. The summed E-state index contributed by atoms with van der Waals surface area (Å²) in [4.78, 5) is 36.3. The lowest BCUT2D eigenvalue weighted by Gasteiger charge is -2.38. The molecule has 0 spiro atoms. The Labute approximate surface area is 235 Å². The quantitative estimate of drug-likeness (QED) is 0.319. The maximum Gasteiger partial charge on any atom is 0.253 e. The number of hydrogen-bond acceptors (Lipinski definition) is 5. The van der Waals surface area contributed by atoms with Crippen molar-refractivity contribution in [2.24, 2.45) is 0 Å². The number of carbonyl (C=O) groups excluding carboxylic acids is 1. The Hall–Kier alpha value is -3.91. The molecule has 1 saturated heterocycles. The highest BCUT2D eigenvalue weighted by Crippen LogP contribution is 2.33. The van der Waals surface area contributed by atoms with Crippen LogP contribution in [0.2, 0.25) is 0 Å². The fourth-order valence-corrected chi connectivity index (χ4v) is 5.79. The summed E-state index contributed by atoms with van der Waals surface area (Å²) in [6, 6.07) is 11.2. The molecule has 0 radical (unpaired) electrons. The standard InChI is InChI=1S/C32H40N6O2/c1-18(2)37-16-20(4)30-26(31(39)35-15-27-19(3)10-21(5)36-32(27)40)11-25(12-28(30)37)24-8-9-29(34-14-24)38-17-22(6)33-13-23(38)7/h8-12,14,16,18,22-23,33H,13,15,17H2,1-7H3,(H,35,39)(H,36,40)/t22-,23?/m0/s1. The van der Waals surface area contributed by atoms with Gasteiger partial charge >= 0.3 is 0 Å². The van der Waals surface area contributed by atoms with Crippen molar-refractivity contribution in [2.45, 2.75) is 73.1 Å². The third-order valence-corrected chi connectivity index (χ3v) is 7.98. The lowest BCUT2D eigenvalue weighted by atomic mass is 9.98. The minimum absolute atomic E-state index is 0.160. The van der Waals surface area contributed by atoms with Gasteiger partial charge in [-0.1, -0.05) is 0 Å². The average molecular weight is 541 g/mol. The van der Waals surface area contributed by atoms with Crippen molar-refractivity contribution in [1.29, 1.82) is 0 Å². The Morgan fingerprint density at radius 3 is 2.55 bits per heavy atom. The summed E-state index contributed by atoms with van der Waals surface area (Å²) in [6.07, 6.45) is 4.02. The number of fused-ring (bicyclic) bond motifs is 1. The fraction of sp³-hybridized carbons (Fsp3) is 0.406. The number of carbonyl (C=O) groups is 1. The van der Waals surface area contributed by atoms with Gasteiger partial charge in [-0.3, -0.25) is 9.59 Å². The summed E-state index contributed by atoms with van der Waals surface area (Å²) in [5.74, 6) is 0.757. The molecule has 1 aromatic carbocycles. The Kier molecular flexibility index (Phi) is 7.55. The normalized spacial score (nSPS) is 17.6. The summed E-state index contributed by atoms with van der Waals surface area (Å²) in [5.41, 5.74) is 6.60. The third kappa shape index (κ3) is 5.28. The van der Waals surface area contributed by atoms with E-state index in [4.69, 9.17) is 4.98 Å². The van der Waals surface area contributed by atoms with Crippen LogP contribution >= 0.6 is 0 Å². The van der Waals surface area contributed by atoms with E-state index in [0.717, 1.165) is 57.8 Å². The van der Waals surface area contributed by atoms with Gasteiger partial charge in [0.1, 0.15) is 5.82 Å². The second-order valence-corrected chi connectivity index (χ2v) is 11.6. The van der Waals surface area contributed by atoms with Crippen LogP contribution in [-0.4, -0.2) is 45.6 Å². The van der Waals surface area contributed by atoms with Crippen LogP contribution in [0.15, 0.2) is 47.5 Å². The number of aromatic amines is 1. The van der Waals surface area contributed by atoms with Gasteiger partial charge in [-0.05, 0) is 95.5 Å². The molecule has 1 aliphatic rings. The molecule has 8 heteroatoms. The van der Waals surface area contributed by atoms with Gasteiger partial charge in [0.15, 0.2) is 0 Å². The van der Waals surface area contributed by atoms with Gasteiger partial charge in [0.25, 0.3) is 11.5 Å². The third-order valence-electron chi connectivity index (χ3n) is 7.98. The molecule has 4 aromatic rings. The molecule has 3 N–H and O–H groups in total. The predicted octanol–water partition coefficient (Wildman–Crippen LogP) is 5.01. The highest BCUT2D eigenvalue weighted by atomic mass is 16.1. The number of hydrogen-bond donors (Lipinski definition) is 3. The summed E-state index contributed by atoms with van der Waals surface area (Å²) >= 11 is 0. The highest BCUT2D eigenvalue weighted by molar-refractivity contribution is 6.09. The molecule has 8 nitrogen and oxygen atoms in total. The summed E-state index contributed by atoms with van der Waals surface area (Å²) < 4.78 is 2.21. The number of aromatic nitrogens is 3. The van der Waals surface area contributed by atoms with Crippen LogP contribution in [-0.2, 0) is 6.54 Å². The first-order chi connectivity index (χ1) is 19.0. The summed E-state index contributed by atoms with van der Waals surface area (Å²) in [5, 5.41) is 7.47. The van der Waals surface area contributed by atoms with Crippen LogP contribution in [0.4, 0.5) is 5.82 Å². The number of anilines is 1. The van der Waals surface area contributed by atoms with Gasteiger partial charge in [0.2, 0.25) is 0 Å². The maximum absolute atomic E-state index is 13.7. The molecule has 0 saturated carbocycles. The first kappa shape index (κ1) is 27.6. The van der Waals surface area contributed by atoms with E-state index in [1.54, 1.807) is 0 Å². The molecule has 1 fully saturated rings. The van der Waals surface area contributed by atoms with Crippen LogP contribution in [0.3, 0.4) is 0 Å². The topological polar surface area (TPSA) is 95.1 Å². The van der Waals surface area contributed by atoms with Crippen molar-refractivity contribution in [2.75, 3.05) is 18.0 Å². The van der Waals surface area contributed by atoms with Crippen molar-refractivity contribution >= 4 is 22.6 Å². The smallest absolute Gasteiger partial charge is 0.253 e. The maximum atomic E-state index is 13.7. The van der Waals surface area contributed by atoms with Crippen LogP contribution in [0.5, 0.6) is 0 Å². The zero-order valence-electron chi connectivity index (χ0n) is 24.6. The van der Waals surface area contributed by atoms with Crippen molar-refractivity contribution in [3.8, 4) is 11.1 Å². The lowest BCUT2D eigenvalue weighted by Crippen LogP contribution is -2.54. The molecule has 210 valence electrons. The molecule has 1 amide bonds. The van der Waals surface area contributed by atoms with E-state index in [9.17, 15) is 9.59 Å². The van der Waals surface area contributed by atoms with Gasteiger partial charge in [0, 0.05) is 83.4 Å². The molecule has 1 aliphatic heterocycles. The van der Waals surface area contributed by atoms with Crippen LogP contribution < -0.4 is 21.1 Å². The van der Waals surface area contributed by atoms with E-state index in [2.05, 4.69) is 77.2 Å². The van der Waals surface area contributed by atoms with Crippen molar-refractivity contribution < 1.29 is 4.79 Å². The van der Waals surface area contributed by atoms with E-state index in [0.29, 0.717) is 23.2 Å². The zero-order chi connectivity index (χ0) is 28.7. The first-order valence-corrected chi connectivity index (χ1v) is 14.1. The minimum atomic E-state index is -0.205. The Bertz CT molecular complexity index is 1620. The van der Waals surface area contributed by atoms with Gasteiger partial charge in [-0.2, -0.15) is 0 Å². The SMILES string of the molecule is Cc1cc(C)c(CNC(=O)c2cc(-c3ccc(N4C[C@H](C)NCC4C)nc3)cc3c2c(C)cn3C(C)C)c(=O)[nH]1. The largest absolute Gasteiger partial charge is 0.351 e. The molecule has 0 bridgehead atoms. The number of piperazine rings is 1. The second-order valence-electron chi connectivity index (χ2n) is 11.6. The Morgan fingerprint density at radius 1 is 1.10 bits per heavy atom. The number of H-pyrrole nitrogens is 1. The number of amides is 1. The van der Waals surface area contributed by atoms with Gasteiger partial charge in [0.05, 0.1) is 0 Å². The van der Waals surface area contributed by atoms with Gasteiger partial charge in [-0.25, -0.2) is 4.98 Å². The molecule has 3 aromatic heterocycles.